The van der Waals surface area contributed by atoms with Crippen LogP contribution >= 0.6 is 15.9 Å². The molecule has 0 saturated carbocycles. The second-order valence-corrected chi connectivity index (χ2v) is 7.37. The van der Waals surface area contributed by atoms with Gasteiger partial charge in [0.15, 0.2) is 11.5 Å². The molecule has 7 nitrogen and oxygen atoms in total. The zero-order valence-electron chi connectivity index (χ0n) is 15.7. The summed E-state index contributed by atoms with van der Waals surface area (Å²) < 4.78 is 12.0. The molecule has 0 bridgehead atoms. The Morgan fingerprint density at radius 2 is 1.86 bits per heavy atom. The highest BCUT2D eigenvalue weighted by atomic mass is 79.9. The number of anilines is 1. The Labute approximate surface area is 171 Å². The summed E-state index contributed by atoms with van der Waals surface area (Å²) in [6, 6.07) is 10.4. The zero-order valence-corrected chi connectivity index (χ0v) is 17.3. The van der Waals surface area contributed by atoms with E-state index in [2.05, 4.69) is 31.9 Å². The Balaban J connectivity index is 1.49. The molecule has 1 aliphatic rings. The average molecular weight is 448 g/mol. The van der Waals surface area contributed by atoms with E-state index in [1.807, 2.05) is 44.2 Å². The largest absolute Gasteiger partial charge is 0.486 e. The molecule has 0 saturated heterocycles. The summed E-state index contributed by atoms with van der Waals surface area (Å²) >= 11 is 3.38. The highest BCUT2D eigenvalue weighted by molar-refractivity contribution is 9.10. The van der Waals surface area contributed by atoms with Crippen LogP contribution < -0.4 is 25.4 Å². The van der Waals surface area contributed by atoms with Crippen molar-refractivity contribution in [2.75, 3.05) is 25.1 Å². The van der Waals surface area contributed by atoms with Gasteiger partial charge in [-0.1, -0.05) is 22.0 Å². The van der Waals surface area contributed by atoms with Crippen molar-refractivity contribution >= 4 is 33.6 Å². The van der Waals surface area contributed by atoms with Gasteiger partial charge in [0.1, 0.15) is 13.2 Å². The monoisotopic (exact) mass is 447 g/mol. The lowest BCUT2D eigenvalue weighted by Gasteiger charge is -2.21. The van der Waals surface area contributed by atoms with Crippen LogP contribution in [0.25, 0.3) is 0 Å². The molecule has 3 N–H and O–H groups in total. The smallest absolute Gasteiger partial charge is 0.315 e. The van der Waals surface area contributed by atoms with Gasteiger partial charge < -0.3 is 25.4 Å². The molecule has 1 atom stereocenters. The predicted molar refractivity (Wildman–Crippen MR) is 110 cm³/mol. The highest BCUT2D eigenvalue weighted by Crippen LogP contribution is 2.32. The van der Waals surface area contributed by atoms with E-state index in [4.69, 9.17) is 9.47 Å². The minimum atomic E-state index is -0.426. The van der Waals surface area contributed by atoms with Crippen LogP contribution in [0.5, 0.6) is 11.5 Å². The Hall–Kier alpha value is -2.74. The average Bonchev–Trinajstić information content (AvgIpc) is 2.68. The second-order valence-electron chi connectivity index (χ2n) is 6.46. The number of rotatable bonds is 5. The van der Waals surface area contributed by atoms with Crippen molar-refractivity contribution in [3.63, 3.8) is 0 Å². The van der Waals surface area contributed by atoms with Gasteiger partial charge in [0, 0.05) is 10.2 Å². The number of aryl methyl sites for hydroxylation is 1. The van der Waals surface area contributed by atoms with Crippen LogP contribution in [0.4, 0.5) is 10.5 Å². The van der Waals surface area contributed by atoms with E-state index in [1.165, 1.54) is 0 Å². The third-order valence-electron chi connectivity index (χ3n) is 4.29. The number of hydrogen-bond acceptors (Lipinski definition) is 4. The number of carbonyl (C=O) groups is 2. The minimum Gasteiger partial charge on any atom is -0.486 e. The third kappa shape index (κ3) is 5.16. The van der Waals surface area contributed by atoms with E-state index in [-0.39, 0.29) is 18.5 Å². The quantitative estimate of drug-likeness (QED) is 0.653. The topological polar surface area (TPSA) is 88.7 Å². The lowest BCUT2D eigenvalue weighted by atomic mass is 10.1. The van der Waals surface area contributed by atoms with Gasteiger partial charge in [-0.15, -0.1) is 0 Å². The van der Waals surface area contributed by atoms with Gasteiger partial charge >= 0.3 is 6.03 Å². The number of halogens is 1. The first-order valence-electron chi connectivity index (χ1n) is 8.92. The lowest BCUT2D eigenvalue weighted by Crippen LogP contribution is -2.41. The van der Waals surface area contributed by atoms with Crippen molar-refractivity contribution in [3.05, 3.63) is 52.0 Å². The van der Waals surface area contributed by atoms with Crippen molar-refractivity contribution < 1.29 is 19.1 Å². The summed E-state index contributed by atoms with van der Waals surface area (Å²) in [5.74, 6) is 1.07. The first kappa shape index (κ1) is 20.0. The van der Waals surface area contributed by atoms with Crippen LogP contribution in [0.1, 0.15) is 24.1 Å². The number of ether oxygens (including phenoxy) is 2. The van der Waals surface area contributed by atoms with Gasteiger partial charge in [-0.05, 0) is 55.3 Å². The Kier molecular flexibility index (Phi) is 6.41. The SMILES string of the molecule is Cc1cc(Br)ccc1NC(=O)CNC(=O)N[C@@H](C)c1ccc2c(c1)OCCO2. The number of carbonyl (C=O) groups excluding carboxylic acids is 2. The van der Waals surface area contributed by atoms with Crippen LogP contribution in [0, 0.1) is 6.92 Å². The summed E-state index contributed by atoms with van der Waals surface area (Å²) in [5.41, 5.74) is 2.52. The fraction of sp³-hybridized carbons (Fsp3) is 0.300. The Bertz CT molecular complexity index is 888. The van der Waals surface area contributed by atoms with Crippen molar-refractivity contribution in [2.24, 2.45) is 0 Å². The van der Waals surface area contributed by atoms with Crippen LogP contribution in [0.15, 0.2) is 40.9 Å². The van der Waals surface area contributed by atoms with Gasteiger partial charge in [-0.25, -0.2) is 4.79 Å². The molecule has 148 valence electrons. The maximum absolute atomic E-state index is 12.1. The van der Waals surface area contributed by atoms with Gasteiger partial charge in [-0.3, -0.25) is 4.79 Å². The van der Waals surface area contributed by atoms with Crippen LogP contribution in [0.3, 0.4) is 0 Å². The van der Waals surface area contributed by atoms with E-state index >= 15 is 0 Å². The minimum absolute atomic E-state index is 0.130. The number of nitrogens with one attached hydrogen (secondary N) is 3. The molecule has 28 heavy (non-hydrogen) atoms. The molecule has 3 amide bonds. The maximum atomic E-state index is 12.1. The van der Waals surface area contributed by atoms with Crippen LogP contribution in [0.2, 0.25) is 0 Å². The van der Waals surface area contributed by atoms with Crippen molar-refractivity contribution in [1.29, 1.82) is 0 Å². The molecule has 1 aliphatic heterocycles. The van der Waals surface area contributed by atoms with E-state index in [1.54, 1.807) is 6.07 Å². The maximum Gasteiger partial charge on any atom is 0.315 e. The Morgan fingerprint density at radius 1 is 1.11 bits per heavy atom. The van der Waals surface area contributed by atoms with Gasteiger partial charge in [-0.2, -0.15) is 0 Å². The highest BCUT2D eigenvalue weighted by Gasteiger charge is 2.16. The molecule has 0 fully saturated rings. The number of urea groups is 1. The van der Waals surface area contributed by atoms with Crippen molar-refractivity contribution in [3.8, 4) is 11.5 Å². The molecule has 1 heterocycles. The van der Waals surface area contributed by atoms with E-state index in [9.17, 15) is 9.59 Å². The molecule has 3 rings (SSSR count). The summed E-state index contributed by atoms with van der Waals surface area (Å²) in [6.07, 6.45) is 0. The predicted octanol–water partition coefficient (Wildman–Crippen LogP) is 3.53. The molecule has 0 aromatic heterocycles. The fourth-order valence-corrected chi connectivity index (χ4v) is 3.26. The second kappa shape index (κ2) is 8.97. The summed E-state index contributed by atoms with van der Waals surface area (Å²) in [5, 5.41) is 8.16. The van der Waals surface area contributed by atoms with E-state index in [0.717, 1.165) is 15.6 Å². The molecule has 0 unspecified atom stereocenters. The van der Waals surface area contributed by atoms with Crippen LogP contribution in [-0.4, -0.2) is 31.7 Å². The number of hydrogen-bond donors (Lipinski definition) is 3. The lowest BCUT2D eigenvalue weighted by molar-refractivity contribution is -0.115. The van der Waals surface area contributed by atoms with E-state index < -0.39 is 6.03 Å². The Morgan fingerprint density at radius 3 is 2.61 bits per heavy atom. The number of benzene rings is 2. The normalized spacial score (nSPS) is 13.4. The number of amides is 3. The summed E-state index contributed by atoms with van der Waals surface area (Å²) in [4.78, 5) is 24.2. The molecule has 0 spiro atoms. The molecule has 8 heteroatoms. The van der Waals surface area contributed by atoms with Gasteiger partial charge in [0.2, 0.25) is 5.91 Å². The van der Waals surface area contributed by atoms with Crippen molar-refractivity contribution in [1.82, 2.24) is 10.6 Å². The fourth-order valence-electron chi connectivity index (χ4n) is 2.78. The molecular weight excluding hydrogens is 426 g/mol. The third-order valence-corrected chi connectivity index (χ3v) is 4.78. The first-order chi connectivity index (χ1) is 13.4. The summed E-state index contributed by atoms with van der Waals surface area (Å²) in [6.45, 7) is 4.66. The first-order valence-corrected chi connectivity index (χ1v) is 9.71. The summed E-state index contributed by atoms with van der Waals surface area (Å²) in [7, 11) is 0. The van der Waals surface area contributed by atoms with E-state index in [0.29, 0.717) is 30.4 Å². The molecular formula is C20H22BrN3O4. The molecule has 2 aromatic rings. The van der Waals surface area contributed by atoms with Gasteiger partial charge in [0.25, 0.3) is 0 Å². The van der Waals surface area contributed by atoms with Crippen LogP contribution in [-0.2, 0) is 4.79 Å². The molecule has 0 radical (unpaired) electrons. The number of fused-ring (bicyclic) bond motifs is 1. The molecule has 2 aromatic carbocycles. The molecule has 0 aliphatic carbocycles. The van der Waals surface area contributed by atoms with Crippen molar-refractivity contribution in [2.45, 2.75) is 19.9 Å². The van der Waals surface area contributed by atoms with Gasteiger partial charge in [0.05, 0.1) is 12.6 Å². The standard InChI is InChI=1S/C20H22BrN3O4/c1-12-9-15(21)4-5-16(12)24-19(25)11-22-20(26)23-13(2)14-3-6-17-18(10-14)28-8-7-27-17/h3-6,9-10,13H,7-8,11H2,1-2H3,(H,24,25)(H2,22,23,26)/t13-/m0/s1. The zero-order chi connectivity index (χ0) is 20.1.